The molecule has 2 rings (SSSR count). The molecule has 0 spiro atoms. The van der Waals surface area contributed by atoms with Crippen molar-refractivity contribution >= 4 is 33.3 Å². The van der Waals surface area contributed by atoms with E-state index in [9.17, 15) is 12.8 Å². The van der Waals surface area contributed by atoms with Gasteiger partial charge in [-0.15, -0.1) is 0 Å². The molecule has 20 heavy (non-hydrogen) atoms. The number of hydrogen-bond donors (Lipinski definition) is 0. The van der Waals surface area contributed by atoms with Crippen LogP contribution in [-0.4, -0.2) is 8.42 Å². The van der Waals surface area contributed by atoms with E-state index in [1.54, 1.807) is 6.07 Å². The molecule has 0 aromatic heterocycles. The van der Waals surface area contributed by atoms with Gasteiger partial charge >= 0.3 is 10.1 Å². The average Bonchev–Trinajstić information content (AvgIpc) is 2.36. The van der Waals surface area contributed by atoms with E-state index in [1.165, 1.54) is 36.4 Å². The van der Waals surface area contributed by atoms with Gasteiger partial charge in [-0.1, -0.05) is 41.4 Å². The molecule has 0 atom stereocenters. The second-order valence-corrected chi connectivity index (χ2v) is 6.34. The van der Waals surface area contributed by atoms with E-state index < -0.39 is 21.7 Å². The van der Waals surface area contributed by atoms with Crippen LogP contribution in [0.15, 0.2) is 42.5 Å². The van der Waals surface area contributed by atoms with Gasteiger partial charge in [-0.05, 0) is 18.2 Å². The zero-order valence-electron chi connectivity index (χ0n) is 10.0. The van der Waals surface area contributed by atoms with Gasteiger partial charge in [0.2, 0.25) is 0 Å². The lowest BCUT2D eigenvalue weighted by Gasteiger charge is -2.08. The summed E-state index contributed by atoms with van der Waals surface area (Å²) in [6.07, 6.45) is 0. The molecular weight excluding hydrogens is 326 g/mol. The van der Waals surface area contributed by atoms with Crippen molar-refractivity contribution in [3.8, 4) is 5.75 Å². The van der Waals surface area contributed by atoms with Crippen molar-refractivity contribution < 1.29 is 17.0 Å². The second-order valence-electron chi connectivity index (χ2n) is 3.95. The first-order valence-corrected chi connectivity index (χ1v) is 7.81. The maximum atomic E-state index is 13.4. The van der Waals surface area contributed by atoms with Crippen LogP contribution in [0.4, 0.5) is 4.39 Å². The quantitative estimate of drug-likeness (QED) is 0.792. The van der Waals surface area contributed by atoms with Crippen LogP contribution in [0.5, 0.6) is 5.75 Å². The lowest BCUT2D eigenvalue weighted by Crippen LogP contribution is -2.13. The number of hydrogen-bond acceptors (Lipinski definition) is 3. The van der Waals surface area contributed by atoms with Gasteiger partial charge in [0.05, 0.1) is 10.0 Å². The van der Waals surface area contributed by atoms with E-state index in [0.717, 1.165) is 0 Å². The minimum absolute atomic E-state index is 0.0238. The summed E-state index contributed by atoms with van der Waals surface area (Å²) in [4.78, 5) is 0. The monoisotopic (exact) mass is 334 g/mol. The molecule has 0 fully saturated rings. The molecule has 0 aliphatic rings. The van der Waals surface area contributed by atoms with Crippen LogP contribution < -0.4 is 4.18 Å². The normalized spacial score (nSPS) is 11.3. The maximum absolute atomic E-state index is 13.4. The Hall–Kier alpha value is -1.30. The molecule has 2 aromatic carbocycles. The fraction of sp³-hybridized carbons (Fsp3) is 0.0769. The molecule has 0 unspecified atom stereocenters. The van der Waals surface area contributed by atoms with Crippen molar-refractivity contribution in [3.63, 3.8) is 0 Å². The molecule has 0 aliphatic carbocycles. The van der Waals surface area contributed by atoms with E-state index in [4.69, 9.17) is 27.4 Å². The Morgan fingerprint density at radius 1 is 1.05 bits per heavy atom. The van der Waals surface area contributed by atoms with Crippen LogP contribution in [0.1, 0.15) is 5.56 Å². The number of benzene rings is 2. The summed E-state index contributed by atoms with van der Waals surface area (Å²) in [7, 11) is -3.98. The van der Waals surface area contributed by atoms with Crippen molar-refractivity contribution in [2.24, 2.45) is 0 Å². The Labute approximate surface area is 126 Å². The summed E-state index contributed by atoms with van der Waals surface area (Å²) in [6.45, 7) is 0. The van der Waals surface area contributed by atoms with Crippen LogP contribution in [0, 0.1) is 5.82 Å². The Kier molecular flexibility index (Phi) is 4.52. The van der Waals surface area contributed by atoms with Crippen LogP contribution >= 0.6 is 23.2 Å². The predicted molar refractivity (Wildman–Crippen MR) is 76.1 cm³/mol. The first kappa shape index (κ1) is 15.1. The minimum atomic E-state index is -3.98. The number of rotatable bonds is 4. The largest absolute Gasteiger partial charge is 0.382 e. The van der Waals surface area contributed by atoms with Gasteiger partial charge in [-0.25, -0.2) is 4.39 Å². The standard InChI is InChI=1S/C13H9Cl2FO3S/c14-11-6-5-10(7-12(11)15)19-20(17,18)8-9-3-1-2-4-13(9)16/h1-7H,8H2. The Balaban J connectivity index is 2.19. The zero-order chi connectivity index (χ0) is 14.8. The van der Waals surface area contributed by atoms with Crippen LogP contribution in [0.25, 0.3) is 0 Å². The molecule has 0 bridgehead atoms. The fourth-order valence-electron chi connectivity index (χ4n) is 1.51. The molecule has 0 radical (unpaired) electrons. The Morgan fingerprint density at radius 2 is 1.75 bits per heavy atom. The highest BCUT2D eigenvalue weighted by Gasteiger charge is 2.17. The van der Waals surface area contributed by atoms with Gasteiger partial charge in [0, 0.05) is 11.6 Å². The number of halogens is 3. The summed E-state index contributed by atoms with van der Waals surface area (Å²) in [5, 5.41) is 0.454. The van der Waals surface area contributed by atoms with Crippen molar-refractivity contribution in [2.45, 2.75) is 5.75 Å². The van der Waals surface area contributed by atoms with Crippen LogP contribution in [0.3, 0.4) is 0 Å². The highest BCUT2D eigenvalue weighted by atomic mass is 35.5. The van der Waals surface area contributed by atoms with Gasteiger partial charge in [0.15, 0.2) is 0 Å². The average molecular weight is 335 g/mol. The third-order valence-corrected chi connectivity index (χ3v) is 4.25. The molecule has 0 aliphatic heterocycles. The summed E-state index contributed by atoms with van der Waals surface area (Å²) in [6, 6.07) is 9.65. The summed E-state index contributed by atoms with van der Waals surface area (Å²) >= 11 is 11.5. The van der Waals surface area contributed by atoms with Crippen LogP contribution in [0.2, 0.25) is 10.0 Å². The second kappa shape index (κ2) is 5.99. The molecule has 7 heteroatoms. The Morgan fingerprint density at radius 3 is 2.40 bits per heavy atom. The lowest BCUT2D eigenvalue weighted by atomic mass is 10.2. The van der Waals surface area contributed by atoms with Gasteiger partial charge < -0.3 is 4.18 Å². The molecule has 0 saturated carbocycles. The topological polar surface area (TPSA) is 43.4 Å². The molecule has 3 nitrogen and oxygen atoms in total. The molecule has 2 aromatic rings. The SMILES string of the molecule is O=S(=O)(Cc1ccccc1F)Oc1ccc(Cl)c(Cl)c1. The molecule has 106 valence electrons. The van der Waals surface area contributed by atoms with Crippen LogP contribution in [-0.2, 0) is 15.9 Å². The summed E-state index contributed by atoms with van der Waals surface area (Å²) < 4.78 is 42.0. The molecule has 0 saturated heterocycles. The smallest absolute Gasteiger partial charge is 0.313 e. The van der Waals surface area contributed by atoms with Crippen molar-refractivity contribution in [3.05, 3.63) is 63.9 Å². The summed E-state index contributed by atoms with van der Waals surface area (Å²) in [5.74, 6) is -1.15. The molecule has 0 amide bonds. The third-order valence-electron chi connectivity index (χ3n) is 2.40. The highest BCUT2D eigenvalue weighted by molar-refractivity contribution is 7.86. The Bertz CT molecular complexity index is 732. The lowest BCUT2D eigenvalue weighted by molar-refractivity contribution is 0.483. The van der Waals surface area contributed by atoms with Crippen molar-refractivity contribution in [2.75, 3.05) is 0 Å². The zero-order valence-corrected chi connectivity index (χ0v) is 12.3. The van der Waals surface area contributed by atoms with E-state index in [2.05, 4.69) is 0 Å². The first-order valence-electron chi connectivity index (χ1n) is 5.48. The van der Waals surface area contributed by atoms with E-state index in [-0.39, 0.29) is 21.4 Å². The maximum Gasteiger partial charge on any atom is 0.313 e. The molecular formula is C13H9Cl2FO3S. The predicted octanol–water partition coefficient (Wildman–Crippen LogP) is 4.04. The summed E-state index contributed by atoms with van der Waals surface area (Å²) in [5.41, 5.74) is 0.0348. The minimum Gasteiger partial charge on any atom is -0.382 e. The molecule has 0 N–H and O–H groups in total. The van der Waals surface area contributed by atoms with Gasteiger partial charge in [0.25, 0.3) is 0 Å². The van der Waals surface area contributed by atoms with E-state index >= 15 is 0 Å². The van der Waals surface area contributed by atoms with E-state index in [1.807, 2.05) is 0 Å². The van der Waals surface area contributed by atoms with Gasteiger partial charge in [0.1, 0.15) is 17.3 Å². The van der Waals surface area contributed by atoms with E-state index in [0.29, 0.717) is 0 Å². The van der Waals surface area contributed by atoms with Gasteiger partial charge in [-0.2, -0.15) is 8.42 Å². The first-order chi connectivity index (χ1) is 9.37. The molecule has 0 heterocycles. The third kappa shape index (κ3) is 3.85. The van der Waals surface area contributed by atoms with Crippen molar-refractivity contribution in [1.82, 2.24) is 0 Å². The van der Waals surface area contributed by atoms with Crippen molar-refractivity contribution in [1.29, 1.82) is 0 Å². The fourth-order valence-corrected chi connectivity index (χ4v) is 2.87. The van der Waals surface area contributed by atoms with Gasteiger partial charge in [-0.3, -0.25) is 0 Å². The highest BCUT2D eigenvalue weighted by Crippen LogP contribution is 2.27.